The molecule has 0 aliphatic carbocycles. The average Bonchev–Trinajstić information content (AvgIpc) is 3.08. The molecule has 0 aromatic heterocycles. The van der Waals surface area contributed by atoms with Gasteiger partial charge in [0.05, 0.1) is 39.8 Å². The monoisotopic (exact) mass is 640 g/mol. The summed E-state index contributed by atoms with van der Waals surface area (Å²) in [4.78, 5) is 41.5. The van der Waals surface area contributed by atoms with Gasteiger partial charge in [0.25, 0.3) is 5.91 Å². The molecule has 246 valence electrons. The van der Waals surface area contributed by atoms with Gasteiger partial charge in [-0.15, -0.1) is 0 Å². The maximum absolute atomic E-state index is 14.2. The first-order valence-corrected chi connectivity index (χ1v) is 14.9. The minimum Gasteiger partial charge on any atom is -0.497 e. The van der Waals surface area contributed by atoms with Crippen molar-refractivity contribution in [2.24, 2.45) is 5.73 Å². The number of hydrogen-bond acceptors (Lipinski definition) is 8. The van der Waals surface area contributed by atoms with E-state index in [-0.39, 0.29) is 19.0 Å². The Labute approximate surface area is 274 Å². The number of primary amides is 1. The van der Waals surface area contributed by atoms with Crippen molar-refractivity contribution in [3.8, 4) is 23.0 Å². The van der Waals surface area contributed by atoms with Crippen molar-refractivity contribution < 1.29 is 33.3 Å². The normalized spacial score (nSPS) is 11.2. The number of benzene rings is 4. The molecule has 0 fully saturated rings. The minimum atomic E-state index is -1.28. The van der Waals surface area contributed by atoms with E-state index in [1.807, 2.05) is 24.3 Å². The van der Waals surface area contributed by atoms with Gasteiger partial charge in [0, 0.05) is 30.8 Å². The Bertz CT molecular complexity index is 1600. The fourth-order valence-electron chi connectivity index (χ4n) is 5.13. The molecule has 0 saturated carbocycles. The van der Waals surface area contributed by atoms with E-state index >= 15 is 0 Å². The van der Waals surface area contributed by atoms with E-state index in [9.17, 15) is 14.4 Å². The van der Waals surface area contributed by atoms with Crippen LogP contribution in [0.5, 0.6) is 23.0 Å². The van der Waals surface area contributed by atoms with Crippen LogP contribution < -0.4 is 35.7 Å². The van der Waals surface area contributed by atoms with E-state index in [2.05, 4.69) is 5.32 Å². The molecular weight excluding hydrogens is 600 g/mol. The van der Waals surface area contributed by atoms with Crippen LogP contribution in [0.25, 0.3) is 0 Å². The number of anilines is 2. The fraction of sp³-hybridized carbons (Fsp3) is 0.250. The minimum absolute atomic E-state index is 0.277. The van der Waals surface area contributed by atoms with Crippen LogP contribution in [0.3, 0.4) is 0 Å². The summed E-state index contributed by atoms with van der Waals surface area (Å²) in [5, 5.41) is 2.77. The summed E-state index contributed by atoms with van der Waals surface area (Å²) in [5.74, 6) is -0.456. The summed E-state index contributed by atoms with van der Waals surface area (Å²) in [6, 6.07) is 24.2. The molecule has 1 unspecified atom stereocenters. The fourth-order valence-corrected chi connectivity index (χ4v) is 5.13. The highest BCUT2D eigenvalue weighted by molar-refractivity contribution is 6.07. The molecule has 47 heavy (non-hydrogen) atoms. The third kappa shape index (κ3) is 8.94. The molecule has 11 heteroatoms. The van der Waals surface area contributed by atoms with Crippen LogP contribution in [0.2, 0.25) is 0 Å². The van der Waals surface area contributed by atoms with Crippen molar-refractivity contribution in [1.29, 1.82) is 0 Å². The number of nitrogens with zero attached hydrogens (tertiary/aromatic N) is 1. The number of nitrogen functional groups attached to an aromatic ring is 1. The molecular formula is C36H40N4O7. The van der Waals surface area contributed by atoms with Crippen LogP contribution in [0.15, 0.2) is 84.9 Å². The molecule has 5 N–H and O–H groups in total. The third-order valence-electron chi connectivity index (χ3n) is 7.72. The lowest BCUT2D eigenvalue weighted by Crippen LogP contribution is -2.42. The van der Waals surface area contributed by atoms with E-state index in [1.54, 1.807) is 94.0 Å². The van der Waals surface area contributed by atoms with Crippen LogP contribution in [0.1, 0.15) is 33.0 Å². The first-order valence-electron chi connectivity index (χ1n) is 14.9. The van der Waals surface area contributed by atoms with Gasteiger partial charge < -0.3 is 40.6 Å². The second-order valence-electron chi connectivity index (χ2n) is 10.8. The number of ether oxygens (including phenoxy) is 4. The number of para-hydroxylation sites is 2. The lowest BCUT2D eigenvalue weighted by atomic mass is 9.95. The smallest absolute Gasteiger partial charge is 0.255 e. The summed E-state index contributed by atoms with van der Waals surface area (Å²) in [6.07, 6.45) is 0.905. The molecule has 11 nitrogen and oxygen atoms in total. The van der Waals surface area contributed by atoms with Gasteiger partial charge in [-0.05, 0) is 78.1 Å². The molecule has 4 aromatic carbocycles. The van der Waals surface area contributed by atoms with Crippen LogP contribution in [0, 0.1) is 0 Å². The first kappa shape index (κ1) is 34.2. The van der Waals surface area contributed by atoms with Crippen LogP contribution >= 0.6 is 0 Å². The molecule has 0 spiro atoms. The largest absolute Gasteiger partial charge is 0.497 e. The predicted molar refractivity (Wildman–Crippen MR) is 180 cm³/mol. The molecule has 3 amide bonds. The molecule has 0 aliphatic rings. The Kier molecular flexibility index (Phi) is 11.7. The van der Waals surface area contributed by atoms with Crippen molar-refractivity contribution in [3.63, 3.8) is 0 Å². The lowest BCUT2D eigenvalue weighted by molar-refractivity contribution is -0.137. The zero-order valence-electron chi connectivity index (χ0n) is 26.9. The molecule has 0 heterocycles. The highest BCUT2D eigenvalue weighted by Gasteiger charge is 2.31. The van der Waals surface area contributed by atoms with Crippen LogP contribution in [-0.4, -0.2) is 64.2 Å². The number of carbonyl (C=O) groups is 3. The average molecular weight is 641 g/mol. The zero-order chi connectivity index (χ0) is 33.9. The number of nitrogens with one attached hydrogen (secondary N) is 1. The maximum atomic E-state index is 14.2. The van der Waals surface area contributed by atoms with Gasteiger partial charge >= 0.3 is 0 Å². The number of rotatable bonds is 15. The van der Waals surface area contributed by atoms with Gasteiger partial charge in [-0.25, -0.2) is 0 Å². The van der Waals surface area contributed by atoms with Crippen molar-refractivity contribution in [1.82, 2.24) is 4.90 Å². The number of methoxy groups -OCH3 is 4. The third-order valence-corrected chi connectivity index (χ3v) is 7.72. The van der Waals surface area contributed by atoms with Crippen LogP contribution in [0.4, 0.5) is 11.4 Å². The summed E-state index contributed by atoms with van der Waals surface area (Å²) < 4.78 is 21.7. The van der Waals surface area contributed by atoms with E-state index in [1.165, 1.54) is 0 Å². The van der Waals surface area contributed by atoms with Gasteiger partial charge in [0.1, 0.15) is 28.9 Å². The standard InChI is InChI=1S/C36H40N4O7/c1-44-27-17-23(18-28(21-27)45-2)13-15-40(16-14-24-19-29(46-3)22-30(20-24)47-4)36(43)33(34(38)41)25-9-11-26(12-10-25)35(42)39-32-8-6-5-7-31(32)37/h5-12,17-22,33H,13-16,37H2,1-4H3,(H2,38,41)(H,39,42). The Morgan fingerprint density at radius 3 is 1.60 bits per heavy atom. The van der Waals surface area contributed by atoms with Gasteiger partial charge in [0.2, 0.25) is 11.8 Å². The Hall–Kier alpha value is -5.71. The molecule has 1 atom stereocenters. The van der Waals surface area contributed by atoms with E-state index < -0.39 is 17.7 Å². The van der Waals surface area contributed by atoms with Crippen LogP contribution in [-0.2, 0) is 22.4 Å². The van der Waals surface area contributed by atoms with E-state index in [0.29, 0.717) is 58.3 Å². The SMILES string of the molecule is COc1cc(CCN(CCc2cc(OC)cc(OC)c2)C(=O)C(C(N)=O)c2ccc(C(=O)Nc3ccccc3N)cc2)cc(OC)c1. The molecule has 0 saturated heterocycles. The topological polar surface area (TPSA) is 155 Å². The zero-order valence-corrected chi connectivity index (χ0v) is 26.9. The van der Waals surface area contributed by atoms with Crippen molar-refractivity contribution in [2.75, 3.05) is 52.6 Å². The predicted octanol–water partition coefficient (Wildman–Crippen LogP) is 4.44. The van der Waals surface area contributed by atoms with Gasteiger partial charge in [0.15, 0.2) is 0 Å². The molecule has 4 aromatic rings. The summed E-state index contributed by atoms with van der Waals surface area (Å²) >= 11 is 0. The van der Waals surface area contributed by atoms with Crippen molar-refractivity contribution >= 4 is 29.1 Å². The van der Waals surface area contributed by atoms with Crippen molar-refractivity contribution in [3.05, 3.63) is 107 Å². The molecule has 0 radical (unpaired) electrons. The van der Waals surface area contributed by atoms with Crippen molar-refractivity contribution in [2.45, 2.75) is 18.8 Å². The highest BCUT2D eigenvalue weighted by Crippen LogP contribution is 2.26. The molecule has 0 aliphatic heterocycles. The first-order chi connectivity index (χ1) is 22.6. The Morgan fingerprint density at radius 2 is 1.17 bits per heavy atom. The summed E-state index contributed by atoms with van der Waals surface area (Å²) in [5.41, 5.74) is 15.2. The molecule has 0 bridgehead atoms. The number of hydrogen-bond donors (Lipinski definition) is 3. The molecule has 4 rings (SSSR count). The quantitative estimate of drug-likeness (QED) is 0.127. The van der Waals surface area contributed by atoms with E-state index in [4.69, 9.17) is 30.4 Å². The second-order valence-corrected chi connectivity index (χ2v) is 10.8. The van der Waals surface area contributed by atoms with Gasteiger partial charge in [-0.1, -0.05) is 24.3 Å². The van der Waals surface area contributed by atoms with E-state index in [0.717, 1.165) is 11.1 Å². The number of amides is 3. The Balaban J connectivity index is 1.59. The maximum Gasteiger partial charge on any atom is 0.255 e. The van der Waals surface area contributed by atoms with Gasteiger partial charge in [-0.3, -0.25) is 14.4 Å². The summed E-state index contributed by atoms with van der Waals surface area (Å²) in [7, 11) is 6.28. The number of carbonyl (C=O) groups excluding carboxylic acids is 3. The Morgan fingerprint density at radius 1 is 0.702 bits per heavy atom. The van der Waals surface area contributed by atoms with Gasteiger partial charge in [-0.2, -0.15) is 0 Å². The summed E-state index contributed by atoms with van der Waals surface area (Å²) in [6.45, 7) is 0.554. The lowest BCUT2D eigenvalue weighted by Gasteiger charge is -2.27. The highest BCUT2D eigenvalue weighted by atomic mass is 16.5. The number of nitrogens with two attached hydrogens (primary N) is 2. The second kappa shape index (κ2) is 16.0.